The van der Waals surface area contributed by atoms with Crippen molar-refractivity contribution in [3.63, 3.8) is 0 Å². The van der Waals surface area contributed by atoms with Crippen LogP contribution in [0.1, 0.15) is 20.3 Å². The molecule has 0 radical (unpaired) electrons. The van der Waals surface area contributed by atoms with Crippen LogP contribution in [0.3, 0.4) is 0 Å². The van der Waals surface area contributed by atoms with Crippen molar-refractivity contribution in [1.29, 1.82) is 0 Å². The normalized spacial score (nSPS) is 19.3. The molecule has 1 rings (SSSR count). The number of hydrogen-bond acceptors (Lipinski definition) is 4. The van der Waals surface area contributed by atoms with Crippen LogP contribution in [-0.2, 0) is 9.53 Å². The minimum absolute atomic E-state index is 0.0352. The molecule has 0 aromatic rings. The van der Waals surface area contributed by atoms with Gasteiger partial charge in [-0.15, -0.1) is 0 Å². The molecule has 0 bridgehead atoms. The van der Waals surface area contributed by atoms with Gasteiger partial charge in [0.25, 0.3) is 0 Å². The maximum atomic E-state index is 11.6. The Morgan fingerprint density at radius 2 is 2.06 bits per heavy atom. The first kappa shape index (κ1) is 14.4. The number of rotatable bonds is 6. The Bertz CT molecular complexity index is 228. The summed E-state index contributed by atoms with van der Waals surface area (Å²) in [6.07, 6.45) is 0.739. The molecule has 0 aromatic heterocycles. The Balaban J connectivity index is 2.10. The summed E-state index contributed by atoms with van der Waals surface area (Å²) in [5.74, 6) is 0.418. The fourth-order valence-electron chi connectivity index (χ4n) is 1.91. The predicted molar refractivity (Wildman–Crippen MR) is 67.7 cm³/mol. The summed E-state index contributed by atoms with van der Waals surface area (Å²) in [7, 11) is 0. The first-order chi connectivity index (χ1) is 8.09. The average Bonchev–Trinajstić information content (AvgIpc) is 2.29. The fourth-order valence-corrected chi connectivity index (χ4v) is 1.91. The number of carbonyl (C=O) groups excluding carboxylic acids is 1. The van der Waals surface area contributed by atoms with E-state index in [-0.39, 0.29) is 11.9 Å². The zero-order valence-electron chi connectivity index (χ0n) is 10.9. The number of ether oxygens (including phenoxy) is 1. The van der Waals surface area contributed by atoms with E-state index in [9.17, 15) is 4.79 Å². The number of hydrogen-bond donors (Lipinski definition) is 2. The van der Waals surface area contributed by atoms with E-state index in [1.165, 1.54) is 0 Å². The standard InChI is InChI=1S/C12H25N3O2/c1-10(2)9-11(13)12(16)14-3-4-15-5-7-17-8-6-15/h10-11H,3-9,13H2,1-2H3,(H,14,16)/t11-/m0/s1. The van der Waals surface area contributed by atoms with Gasteiger partial charge in [0.05, 0.1) is 19.3 Å². The molecule has 1 heterocycles. The highest BCUT2D eigenvalue weighted by molar-refractivity contribution is 5.81. The third-order valence-electron chi connectivity index (χ3n) is 2.89. The number of morpholine rings is 1. The van der Waals surface area contributed by atoms with Gasteiger partial charge in [-0.1, -0.05) is 13.8 Å². The second kappa shape index (κ2) is 7.63. The molecule has 1 amide bonds. The summed E-state index contributed by atoms with van der Waals surface area (Å²) in [6.45, 7) is 9.18. The predicted octanol–water partition coefficient (Wildman–Crippen LogP) is -0.192. The molecule has 1 saturated heterocycles. The van der Waals surface area contributed by atoms with Crippen LogP contribution >= 0.6 is 0 Å². The van der Waals surface area contributed by atoms with Gasteiger partial charge in [-0.25, -0.2) is 0 Å². The molecular weight excluding hydrogens is 218 g/mol. The summed E-state index contributed by atoms with van der Waals surface area (Å²) in [4.78, 5) is 13.9. The monoisotopic (exact) mass is 243 g/mol. The molecule has 100 valence electrons. The summed E-state index contributed by atoms with van der Waals surface area (Å²) < 4.78 is 5.26. The molecule has 3 N–H and O–H groups in total. The Kier molecular flexibility index (Phi) is 6.47. The molecule has 0 spiro atoms. The quantitative estimate of drug-likeness (QED) is 0.678. The first-order valence-corrected chi connectivity index (χ1v) is 6.43. The summed E-state index contributed by atoms with van der Waals surface area (Å²) in [5.41, 5.74) is 5.79. The molecule has 1 aliphatic rings. The van der Waals surface area contributed by atoms with Crippen molar-refractivity contribution in [2.24, 2.45) is 11.7 Å². The van der Waals surface area contributed by atoms with Gasteiger partial charge in [-0.05, 0) is 12.3 Å². The van der Waals surface area contributed by atoms with Crippen molar-refractivity contribution in [3.8, 4) is 0 Å². The van der Waals surface area contributed by atoms with E-state index in [1.54, 1.807) is 0 Å². The van der Waals surface area contributed by atoms with E-state index in [2.05, 4.69) is 24.1 Å². The van der Waals surface area contributed by atoms with E-state index in [0.29, 0.717) is 12.5 Å². The van der Waals surface area contributed by atoms with Crippen molar-refractivity contribution in [1.82, 2.24) is 10.2 Å². The third kappa shape index (κ3) is 6.00. The second-order valence-electron chi connectivity index (χ2n) is 4.98. The Hall–Kier alpha value is -0.650. The SMILES string of the molecule is CC(C)C[C@H](N)C(=O)NCCN1CCOCC1. The minimum atomic E-state index is -0.375. The molecule has 0 unspecified atom stereocenters. The topological polar surface area (TPSA) is 67.6 Å². The van der Waals surface area contributed by atoms with Gasteiger partial charge in [-0.2, -0.15) is 0 Å². The lowest BCUT2D eigenvalue weighted by Crippen LogP contribution is -2.45. The van der Waals surface area contributed by atoms with Crippen LogP contribution in [0.2, 0.25) is 0 Å². The number of amides is 1. The van der Waals surface area contributed by atoms with Crippen LogP contribution in [0.15, 0.2) is 0 Å². The highest BCUT2D eigenvalue weighted by Crippen LogP contribution is 2.02. The zero-order chi connectivity index (χ0) is 12.7. The van der Waals surface area contributed by atoms with Crippen molar-refractivity contribution in [3.05, 3.63) is 0 Å². The Labute approximate surface area is 104 Å². The van der Waals surface area contributed by atoms with E-state index >= 15 is 0 Å². The summed E-state index contributed by atoms with van der Waals surface area (Å²) >= 11 is 0. The molecule has 1 atom stereocenters. The molecule has 0 aliphatic carbocycles. The van der Waals surface area contributed by atoms with Crippen LogP contribution in [0.4, 0.5) is 0 Å². The van der Waals surface area contributed by atoms with Gasteiger partial charge in [0, 0.05) is 26.2 Å². The minimum Gasteiger partial charge on any atom is -0.379 e. The van der Waals surface area contributed by atoms with Crippen molar-refractivity contribution >= 4 is 5.91 Å². The van der Waals surface area contributed by atoms with Gasteiger partial charge in [-0.3, -0.25) is 9.69 Å². The van der Waals surface area contributed by atoms with Crippen molar-refractivity contribution in [2.45, 2.75) is 26.3 Å². The maximum Gasteiger partial charge on any atom is 0.236 e. The van der Waals surface area contributed by atoms with Crippen LogP contribution in [-0.4, -0.2) is 56.2 Å². The number of carbonyl (C=O) groups is 1. The van der Waals surface area contributed by atoms with Crippen molar-refractivity contribution in [2.75, 3.05) is 39.4 Å². The van der Waals surface area contributed by atoms with Gasteiger partial charge in [0.2, 0.25) is 5.91 Å². The maximum absolute atomic E-state index is 11.6. The van der Waals surface area contributed by atoms with Crippen LogP contribution in [0.5, 0.6) is 0 Å². The molecule has 17 heavy (non-hydrogen) atoms. The Morgan fingerprint density at radius 3 is 2.65 bits per heavy atom. The largest absolute Gasteiger partial charge is 0.379 e. The molecule has 0 aromatic carbocycles. The Morgan fingerprint density at radius 1 is 1.41 bits per heavy atom. The summed E-state index contributed by atoms with van der Waals surface area (Å²) in [5, 5.41) is 2.89. The fraction of sp³-hybridized carbons (Fsp3) is 0.917. The van der Waals surface area contributed by atoms with E-state index in [1.807, 2.05) is 0 Å². The number of nitrogens with one attached hydrogen (secondary N) is 1. The first-order valence-electron chi connectivity index (χ1n) is 6.43. The lowest BCUT2D eigenvalue weighted by atomic mass is 10.0. The molecule has 1 fully saturated rings. The van der Waals surface area contributed by atoms with Crippen LogP contribution in [0.25, 0.3) is 0 Å². The van der Waals surface area contributed by atoms with E-state index in [0.717, 1.165) is 39.3 Å². The van der Waals surface area contributed by atoms with Gasteiger partial charge >= 0.3 is 0 Å². The highest BCUT2D eigenvalue weighted by atomic mass is 16.5. The molecule has 1 aliphatic heterocycles. The lowest BCUT2D eigenvalue weighted by Gasteiger charge is -2.26. The smallest absolute Gasteiger partial charge is 0.236 e. The van der Waals surface area contributed by atoms with E-state index in [4.69, 9.17) is 10.5 Å². The van der Waals surface area contributed by atoms with Crippen LogP contribution < -0.4 is 11.1 Å². The molecular formula is C12H25N3O2. The van der Waals surface area contributed by atoms with E-state index < -0.39 is 0 Å². The molecule has 5 heteroatoms. The third-order valence-corrected chi connectivity index (χ3v) is 2.89. The zero-order valence-corrected chi connectivity index (χ0v) is 10.9. The number of nitrogens with two attached hydrogens (primary N) is 1. The molecule has 5 nitrogen and oxygen atoms in total. The van der Waals surface area contributed by atoms with Crippen LogP contribution in [0, 0.1) is 5.92 Å². The van der Waals surface area contributed by atoms with Crippen molar-refractivity contribution < 1.29 is 9.53 Å². The van der Waals surface area contributed by atoms with Gasteiger partial charge in [0.15, 0.2) is 0 Å². The summed E-state index contributed by atoms with van der Waals surface area (Å²) in [6, 6.07) is -0.375. The van der Waals surface area contributed by atoms with Gasteiger partial charge < -0.3 is 15.8 Å². The lowest BCUT2D eigenvalue weighted by molar-refractivity contribution is -0.122. The number of nitrogens with zero attached hydrogens (tertiary/aromatic N) is 1. The second-order valence-corrected chi connectivity index (χ2v) is 4.98. The highest BCUT2D eigenvalue weighted by Gasteiger charge is 2.15. The molecule has 0 saturated carbocycles. The van der Waals surface area contributed by atoms with Gasteiger partial charge in [0.1, 0.15) is 0 Å². The average molecular weight is 243 g/mol.